The minimum atomic E-state index is -3.76. The summed E-state index contributed by atoms with van der Waals surface area (Å²) in [6.45, 7) is 12.4. The molecule has 26 heavy (non-hydrogen) atoms. The summed E-state index contributed by atoms with van der Waals surface area (Å²) in [5.74, 6) is 0.506. The first-order chi connectivity index (χ1) is 12.0. The van der Waals surface area contributed by atoms with E-state index >= 15 is 0 Å². The normalized spacial score (nSPS) is 12.2. The maximum absolute atomic E-state index is 13.3. The van der Waals surface area contributed by atoms with Crippen LogP contribution in [0.3, 0.4) is 0 Å². The highest BCUT2D eigenvalue weighted by Gasteiger charge is 2.27. The number of nitrogens with one attached hydrogen (secondary N) is 1. The molecule has 0 amide bonds. The quantitative estimate of drug-likeness (QED) is 0.607. The molecule has 0 saturated carbocycles. The molecular weight excluding hydrogens is 366 g/mol. The van der Waals surface area contributed by atoms with Crippen LogP contribution in [-0.4, -0.2) is 8.42 Å². The van der Waals surface area contributed by atoms with E-state index in [9.17, 15) is 8.42 Å². The average molecular weight is 394 g/mol. The van der Waals surface area contributed by atoms with Gasteiger partial charge in [-0.25, -0.2) is 8.42 Å². The van der Waals surface area contributed by atoms with Gasteiger partial charge in [0.15, 0.2) is 0 Å². The second-order valence-electron chi connectivity index (χ2n) is 7.58. The zero-order chi connectivity index (χ0) is 19.6. The predicted molar refractivity (Wildman–Crippen MR) is 111 cm³/mol. The van der Waals surface area contributed by atoms with Gasteiger partial charge in [0.1, 0.15) is 0 Å². The summed E-state index contributed by atoms with van der Waals surface area (Å²) in [5.41, 5.74) is 3.25. The molecule has 0 bridgehead atoms. The number of anilines is 1. The van der Waals surface area contributed by atoms with Crippen LogP contribution in [0, 0.1) is 0 Å². The molecular formula is C21H28ClNO2S. The molecule has 142 valence electrons. The van der Waals surface area contributed by atoms with Crippen LogP contribution in [0.2, 0.25) is 5.02 Å². The number of para-hydroxylation sites is 1. The summed E-state index contributed by atoms with van der Waals surface area (Å²) in [6.07, 6.45) is 0. The van der Waals surface area contributed by atoms with E-state index in [1.54, 1.807) is 24.3 Å². The van der Waals surface area contributed by atoms with Gasteiger partial charge in [0.2, 0.25) is 0 Å². The molecule has 0 spiro atoms. The van der Waals surface area contributed by atoms with E-state index < -0.39 is 10.0 Å². The highest BCUT2D eigenvalue weighted by atomic mass is 35.5. The van der Waals surface area contributed by atoms with Crippen LogP contribution in [0.15, 0.2) is 41.3 Å². The minimum absolute atomic E-state index is 0.0871. The van der Waals surface area contributed by atoms with Gasteiger partial charge in [-0.15, -0.1) is 0 Å². The van der Waals surface area contributed by atoms with E-state index in [-0.39, 0.29) is 11.8 Å². The Hall–Kier alpha value is -1.52. The summed E-state index contributed by atoms with van der Waals surface area (Å²) in [6, 6.07) is 10.9. The molecule has 0 fully saturated rings. The summed E-state index contributed by atoms with van der Waals surface area (Å²) in [5, 5.41) is 0.382. The SMILES string of the molecule is CC(C)c1cc(C(C)C)c(S(=O)(=O)Nc2ccccc2Cl)c(C(C)C)c1. The second kappa shape index (κ2) is 8.01. The zero-order valence-electron chi connectivity index (χ0n) is 16.3. The van der Waals surface area contributed by atoms with Gasteiger partial charge in [-0.05, 0) is 46.6 Å². The van der Waals surface area contributed by atoms with Gasteiger partial charge in [-0.1, -0.05) is 77.4 Å². The molecule has 2 rings (SSSR count). The standard InChI is InChI=1S/C21H28ClNO2S/c1-13(2)16-11-17(14(3)4)21(18(12-16)15(5)6)26(24,25)23-20-10-8-7-9-19(20)22/h7-15,23H,1-6H3. The Morgan fingerprint density at radius 2 is 1.35 bits per heavy atom. The van der Waals surface area contributed by atoms with Crippen molar-refractivity contribution in [2.24, 2.45) is 0 Å². The molecule has 0 unspecified atom stereocenters. The van der Waals surface area contributed by atoms with Crippen molar-refractivity contribution in [1.82, 2.24) is 0 Å². The van der Waals surface area contributed by atoms with Gasteiger partial charge in [-0.2, -0.15) is 0 Å². The zero-order valence-corrected chi connectivity index (χ0v) is 17.9. The topological polar surface area (TPSA) is 46.2 Å². The molecule has 0 aliphatic heterocycles. The van der Waals surface area contributed by atoms with Crippen molar-refractivity contribution < 1.29 is 8.42 Å². The summed E-state index contributed by atoms with van der Waals surface area (Å²) >= 11 is 6.16. The first-order valence-electron chi connectivity index (χ1n) is 8.99. The molecule has 0 heterocycles. The van der Waals surface area contributed by atoms with E-state index in [4.69, 9.17) is 11.6 Å². The number of halogens is 1. The third kappa shape index (κ3) is 4.41. The molecule has 5 heteroatoms. The smallest absolute Gasteiger partial charge is 0.262 e. The number of hydrogen-bond donors (Lipinski definition) is 1. The van der Waals surface area contributed by atoms with Crippen molar-refractivity contribution in [2.45, 2.75) is 64.2 Å². The number of benzene rings is 2. The van der Waals surface area contributed by atoms with Crippen LogP contribution in [-0.2, 0) is 10.0 Å². The fourth-order valence-electron chi connectivity index (χ4n) is 2.94. The molecule has 1 N–H and O–H groups in total. The molecule has 0 saturated heterocycles. The third-order valence-electron chi connectivity index (χ3n) is 4.47. The van der Waals surface area contributed by atoms with Crippen molar-refractivity contribution in [1.29, 1.82) is 0 Å². The highest BCUT2D eigenvalue weighted by Crippen LogP contribution is 2.36. The lowest BCUT2D eigenvalue weighted by Gasteiger charge is -2.23. The Morgan fingerprint density at radius 1 is 0.846 bits per heavy atom. The predicted octanol–water partition coefficient (Wildman–Crippen LogP) is 6.51. The molecule has 0 radical (unpaired) electrons. The summed E-state index contributed by atoms with van der Waals surface area (Å²) < 4.78 is 29.3. The number of rotatable bonds is 6. The van der Waals surface area contributed by atoms with Crippen LogP contribution < -0.4 is 4.72 Å². The Bertz CT molecular complexity index is 858. The van der Waals surface area contributed by atoms with Gasteiger partial charge in [0, 0.05) is 0 Å². The maximum atomic E-state index is 13.3. The van der Waals surface area contributed by atoms with Crippen molar-refractivity contribution in [2.75, 3.05) is 4.72 Å². The first-order valence-corrected chi connectivity index (χ1v) is 10.9. The van der Waals surface area contributed by atoms with Gasteiger partial charge in [-0.3, -0.25) is 4.72 Å². The van der Waals surface area contributed by atoms with Crippen LogP contribution in [0.4, 0.5) is 5.69 Å². The van der Waals surface area contributed by atoms with E-state index in [1.807, 2.05) is 39.8 Å². The van der Waals surface area contributed by atoms with Crippen LogP contribution in [0.1, 0.15) is 76.0 Å². The van der Waals surface area contributed by atoms with Gasteiger partial charge in [0.05, 0.1) is 15.6 Å². The molecule has 0 aromatic heterocycles. The lowest BCUT2D eigenvalue weighted by atomic mass is 9.89. The number of sulfonamides is 1. The lowest BCUT2D eigenvalue weighted by Crippen LogP contribution is -2.19. The molecule has 0 aliphatic rings. The monoisotopic (exact) mass is 393 g/mol. The first kappa shape index (κ1) is 20.8. The third-order valence-corrected chi connectivity index (χ3v) is 6.29. The fraction of sp³-hybridized carbons (Fsp3) is 0.429. The average Bonchev–Trinajstić information content (AvgIpc) is 2.55. The lowest BCUT2D eigenvalue weighted by molar-refractivity contribution is 0.595. The highest BCUT2D eigenvalue weighted by molar-refractivity contribution is 7.92. The molecule has 2 aromatic rings. The van der Waals surface area contributed by atoms with Gasteiger partial charge < -0.3 is 0 Å². The Balaban J connectivity index is 2.71. The van der Waals surface area contributed by atoms with Crippen LogP contribution in [0.5, 0.6) is 0 Å². The molecule has 3 nitrogen and oxygen atoms in total. The Kier molecular flexibility index (Phi) is 6.41. The summed E-state index contributed by atoms with van der Waals surface area (Å²) in [4.78, 5) is 0.381. The van der Waals surface area contributed by atoms with E-state index in [2.05, 4.69) is 18.6 Å². The molecule has 0 aliphatic carbocycles. The molecule has 0 atom stereocenters. The summed E-state index contributed by atoms with van der Waals surface area (Å²) in [7, 11) is -3.76. The van der Waals surface area contributed by atoms with Crippen molar-refractivity contribution in [3.8, 4) is 0 Å². The van der Waals surface area contributed by atoms with Crippen molar-refractivity contribution >= 4 is 27.3 Å². The number of hydrogen-bond acceptors (Lipinski definition) is 2. The van der Waals surface area contributed by atoms with Crippen LogP contribution >= 0.6 is 11.6 Å². The van der Waals surface area contributed by atoms with Crippen LogP contribution in [0.25, 0.3) is 0 Å². The largest absolute Gasteiger partial charge is 0.278 e. The minimum Gasteiger partial charge on any atom is -0.278 e. The van der Waals surface area contributed by atoms with Crippen molar-refractivity contribution in [3.05, 3.63) is 58.1 Å². The Morgan fingerprint density at radius 3 is 1.77 bits per heavy atom. The van der Waals surface area contributed by atoms with E-state index in [0.29, 0.717) is 21.5 Å². The van der Waals surface area contributed by atoms with Gasteiger partial charge >= 0.3 is 0 Å². The maximum Gasteiger partial charge on any atom is 0.262 e. The molecule has 2 aromatic carbocycles. The van der Waals surface area contributed by atoms with Crippen molar-refractivity contribution in [3.63, 3.8) is 0 Å². The van der Waals surface area contributed by atoms with Gasteiger partial charge in [0.25, 0.3) is 10.0 Å². The van der Waals surface area contributed by atoms with E-state index in [1.165, 1.54) is 0 Å². The fourth-order valence-corrected chi connectivity index (χ4v) is 4.96. The Labute approximate surface area is 162 Å². The second-order valence-corrected chi connectivity index (χ2v) is 9.60. The van der Waals surface area contributed by atoms with E-state index in [0.717, 1.165) is 16.7 Å².